The van der Waals surface area contributed by atoms with Gasteiger partial charge in [-0.1, -0.05) is 6.07 Å². The number of nitrogens with zero attached hydrogens (tertiary/aromatic N) is 1. The summed E-state index contributed by atoms with van der Waals surface area (Å²) >= 11 is 0. The Morgan fingerprint density at radius 3 is 2.88 bits per heavy atom. The molecule has 1 atom stereocenters. The van der Waals surface area contributed by atoms with Crippen molar-refractivity contribution in [3.63, 3.8) is 0 Å². The molecule has 1 N–H and O–H groups in total. The van der Waals surface area contributed by atoms with E-state index < -0.39 is 16.4 Å². The van der Waals surface area contributed by atoms with Crippen LogP contribution in [-0.4, -0.2) is 24.7 Å². The number of nitrogens with one attached hydrogen (secondary N) is 1. The number of hydrogen-bond donors (Lipinski definition) is 1. The summed E-state index contributed by atoms with van der Waals surface area (Å²) in [7, 11) is 0. The third kappa shape index (κ3) is 3.12. The molecule has 1 aromatic carbocycles. The second kappa shape index (κ2) is 5.90. The number of halogens is 2. The summed E-state index contributed by atoms with van der Waals surface area (Å²) in [6.07, 6.45) is 0. The maximum absolute atomic E-state index is 13.1. The molecule has 7 heteroatoms. The molecule has 1 aromatic rings. The number of hydrogen-bond acceptors (Lipinski definition) is 4. The lowest BCUT2D eigenvalue weighted by atomic mass is 10.1. The lowest BCUT2D eigenvalue weighted by Gasteiger charge is -2.23. The van der Waals surface area contributed by atoms with Crippen molar-refractivity contribution in [1.29, 1.82) is 0 Å². The number of rotatable bonds is 2. The third-order valence-corrected chi connectivity index (χ3v) is 2.49. The fourth-order valence-corrected chi connectivity index (χ4v) is 1.67. The molecule has 1 saturated heterocycles. The first kappa shape index (κ1) is 13.8. The van der Waals surface area contributed by atoms with Crippen LogP contribution in [0.2, 0.25) is 0 Å². The summed E-state index contributed by atoms with van der Waals surface area (Å²) in [6.45, 7) is 1.76. The van der Waals surface area contributed by atoms with E-state index in [9.17, 15) is 14.5 Å². The van der Waals surface area contributed by atoms with E-state index in [0.717, 1.165) is 6.07 Å². The molecule has 1 aliphatic heterocycles. The minimum Gasteiger partial charge on any atom is -0.378 e. The SMILES string of the molecule is Cl.O=[N+]([O-])c1cc([C@@H]2COCCN2)ccc1F. The standard InChI is InChI=1S/C10H11FN2O3.ClH/c11-8-2-1-7(5-10(8)13(14)15)9-6-16-4-3-12-9;/h1-2,5,9,12H,3-4,6H2;1H/t9-;/m0./s1. The Kier molecular flexibility index (Phi) is 4.80. The predicted molar refractivity (Wildman–Crippen MR) is 61.9 cm³/mol. The van der Waals surface area contributed by atoms with Gasteiger partial charge in [-0.15, -0.1) is 12.4 Å². The highest BCUT2D eigenvalue weighted by Crippen LogP contribution is 2.23. The van der Waals surface area contributed by atoms with Gasteiger partial charge in [-0.25, -0.2) is 0 Å². The van der Waals surface area contributed by atoms with Gasteiger partial charge >= 0.3 is 5.69 Å². The van der Waals surface area contributed by atoms with Gasteiger partial charge in [0.05, 0.1) is 24.2 Å². The van der Waals surface area contributed by atoms with Crippen molar-refractivity contribution < 1.29 is 14.1 Å². The molecule has 1 fully saturated rings. The van der Waals surface area contributed by atoms with E-state index in [1.165, 1.54) is 12.1 Å². The van der Waals surface area contributed by atoms with Gasteiger partial charge in [0, 0.05) is 12.6 Å². The molecule has 0 radical (unpaired) electrons. The normalized spacial score (nSPS) is 19.5. The first-order chi connectivity index (χ1) is 7.68. The Labute approximate surface area is 104 Å². The molecule has 0 amide bonds. The van der Waals surface area contributed by atoms with Gasteiger partial charge in [-0.05, 0) is 11.6 Å². The molecule has 0 unspecified atom stereocenters. The molecule has 2 rings (SSSR count). The number of morpholine rings is 1. The van der Waals surface area contributed by atoms with Crippen LogP contribution < -0.4 is 5.32 Å². The number of ether oxygens (including phenoxy) is 1. The van der Waals surface area contributed by atoms with Crippen molar-refractivity contribution in [2.45, 2.75) is 6.04 Å². The average molecular weight is 263 g/mol. The largest absolute Gasteiger partial charge is 0.378 e. The molecule has 5 nitrogen and oxygen atoms in total. The van der Waals surface area contributed by atoms with Crippen LogP contribution in [0, 0.1) is 15.9 Å². The van der Waals surface area contributed by atoms with E-state index in [4.69, 9.17) is 4.74 Å². The molecule has 0 spiro atoms. The van der Waals surface area contributed by atoms with Gasteiger partial charge in [-0.3, -0.25) is 10.1 Å². The number of nitro benzene ring substituents is 1. The summed E-state index contributed by atoms with van der Waals surface area (Å²) in [5.41, 5.74) is 0.178. The van der Waals surface area contributed by atoms with Crippen molar-refractivity contribution in [2.75, 3.05) is 19.8 Å². The molecular formula is C10H12ClFN2O3. The molecule has 0 aromatic heterocycles. The Hall–Kier alpha value is -1.24. The summed E-state index contributed by atoms with van der Waals surface area (Å²) in [5, 5.41) is 13.7. The van der Waals surface area contributed by atoms with Crippen LogP contribution in [0.4, 0.5) is 10.1 Å². The van der Waals surface area contributed by atoms with Crippen LogP contribution in [-0.2, 0) is 4.74 Å². The molecule has 1 aliphatic rings. The summed E-state index contributed by atoms with van der Waals surface area (Å²) in [4.78, 5) is 9.85. The lowest BCUT2D eigenvalue weighted by molar-refractivity contribution is -0.387. The van der Waals surface area contributed by atoms with E-state index in [1.807, 2.05) is 0 Å². The molecule has 94 valence electrons. The first-order valence-corrected chi connectivity index (χ1v) is 4.93. The zero-order valence-electron chi connectivity index (χ0n) is 8.89. The molecule has 17 heavy (non-hydrogen) atoms. The minimum atomic E-state index is -0.814. The Balaban J connectivity index is 0.00000144. The van der Waals surface area contributed by atoms with E-state index in [1.54, 1.807) is 0 Å². The predicted octanol–water partition coefficient (Wildman–Crippen LogP) is 1.82. The van der Waals surface area contributed by atoms with Gasteiger partial charge in [-0.2, -0.15) is 4.39 Å². The summed E-state index contributed by atoms with van der Waals surface area (Å²) in [5.74, 6) is -0.814. The van der Waals surface area contributed by atoms with Crippen molar-refractivity contribution in [2.24, 2.45) is 0 Å². The molecule has 0 bridgehead atoms. The fourth-order valence-electron chi connectivity index (χ4n) is 1.67. The maximum Gasteiger partial charge on any atom is 0.305 e. The first-order valence-electron chi connectivity index (χ1n) is 4.93. The van der Waals surface area contributed by atoms with E-state index in [0.29, 0.717) is 25.3 Å². The van der Waals surface area contributed by atoms with Gasteiger partial charge in [0.25, 0.3) is 0 Å². The van der Waals surface area contributed by atoms with E-state index >= 15 is 0 Å². The van der Waals surface area contributed by atoms with Gasteiger partial charge in [0.1, 0.15) is 0 Å². The second-order valence-corrected chi connectivity index (χ2v) is 3.55. The van der Waals surface area contributed by atoms with E-state index in [2.05, 4.69) is 5.32 Å². The maximum atomic E-state index is 13.1. The van der Waals surface area contributed by atoms with Crippen LogP contribution in [0.5, 0.6) is 0 Å². The van der Waals surface area contributed by atoms with E-state index in [-0.39, 0.29) is 18.4 Å². The third-order valence-electron chi connectivity index (χ3n) is 2.49. The Morgan fingerprint density at radius 1 is 1.53 bits per heavy atom. The van der Waals surface area contributed by atoms with Gasteiger partial charge in [0.15, 0.2) is 0 Å². The highest BCUT2D eigenvalue weighted by molar-refractivity contribution is 5.85. The quantitative estimate of drug-likeness (QED) is 0.652. The zero-order chi connectivity index (χ0) is 11.5. The molecule has 0 saturated carbocycles. The molecule has 1 heterocycles. The van der Waals surface area contributed by atoms with Gasteiger partial charge in [0.2, 0.25) is 5.82 Å². The fraction of sp³-hybridized carbons (Fsp3) is 0.400. The topological polar surface area (TPSA) is 64.4 Å². The van der Waals surface area contributed by atoms with Crippen molar-refractivity contribution >= 4 is 18.1 Å². The van der Waals surface area contributed by atoms with Gasteiger partial charge < -0.3 is 10.1 Å². The highest BCUT2D eigenvalue weighted by Gasteiger charge is 2.20. The number of nitro groups is 1. The van der Waals surface area contributed by atoms with Crippen LogP contribution in [0.3, 0.4) is 0 Å². The minimum absolute atomic E-state index is 0. The second-order valence-electron chi connectivity index (χ2n) is 3.55. The van der Waals surface area contributed by atoms with Crippen molar-refractivity contribution in [1.82, 2.24) is 5.32 Å². The highest BCUT2D eigenvalue weighted by atomic mass is 35.5. The zero-order valence-corrected chi connectivity index (χ0v) is 9.71. The monoisotopic (exact) mass is 262 g/mol. The van der Waals surface area contributed by atoms with Crippen LogP contribution in [0.15, 0.2) is 18.2 Å². The summed E-state index contributed by atoms with van der Waals surface area (Å²) < 4.78 is 18.3. The molecular weight excluding hydrogens is 251 g/mol. The lowest BCUT2D eigenvalue weighted by Crippen LogP contribution is -2.34. The van der Waals surface area contributed by atoms with Crippen molar-refractivity contribution in [3.05, 3.63) is 39.7 Å². The van der Waals surface area contributed by atoms with Crippen LogP contribution in [0.1, 0.15) is 11.6 Å². The van der Waals surface area contributed by atoms with Crippen LogP contribution in [0.25, 0.3) is 0 Å². The average Bonchev–Trinajstić information content (AvgIpc) is 2.30. The van der Waals surface area contributed by atoms with Crippen LogP contribution >= 0.6 is 12.4 Å². The number of benzene rings is 1. The molecule has 0 aliphatic carbocycles. The summed E-state index contributed by atoms with van der Waals surface area (Å²) in [6, 6.07) is 3.80. The Morgan fingerprint density at radius 2 is 2.29 bits per heavy atom. The van der Waals surface area contributed by atoms with Crippen molar-refractivity contribution in [3.8, 4) is 0 Å². The smallest absolute Gasteiger partial charge is 0.305 e. The Bertz CT molecular complexity index is 411.